The van der Waals surface area contributed by atoms with Crippen molar-refractivity contribution in [3.05, 3.63) is 68.9 Å². The molecule has 37 heavy (non-hydrogen) atoms. The number of nitrogens with zero attached hydrogens (tertiary/aromatic N) is 1. The highest BCUT2D eigenvalue weighted by atomic mass is 32.1. The van der Waals surface area contributed by atoms with Gasteiger partial charge in [-0.3, -0.25) is 14.5 Å². The van der Waals surface area contributed by atoms with Crippen LogP contribution < -0.4 is 0 Å². The van der Waals surface area contributed by atoms with E-state index in [0.29, 0.717) is 25.7 Å². The molecular weight excluding hydrogens is 485 g/mol. The van der Waals surface area contributed by atoms with E-state index >= 15 is 0 Å². The number of allylic oxidation sites excluding steroid dienone is 2. The fourth-order valence-electron chi connectivity index (χ4n) is 6.39. The van der Waals surface area contributed by atoms with Crippen LogP contribution in [0.1, 0.15) is 56.4 Å². The molecule has 3 heterocycles. The topological polar surface area (TPSA) is 87.1 Å². The highest BCUT2D eigenvalue weighted by Gasteiger charge is 2.57. The van der Waals surface area contributed by atoms with Crippen LogP contribution >= 0.6 is 11.3 Å². The fraction of sp³-hybridized carbons (Fsp3) is 0.448. The van der Waals surface area contributed by atoms with Gasteiger partial charge in [0.15, 0.2) is 0 Å². The Morgan fingerprint density at radius 3 is 2.73 bits per heavy atom. The molecule has 0 radical (unpaired) electrons. The third-order valence-electron chi connectivity index (χ3n) is 7.98. The number of likely N-dealkylation sites (tertiary alicyclic amines) is 1. The summed E-state index contributed by atoms with van der Waals surface area (Å²) >= 11 is 1.55. The van der Waals surface area contributed by atoms with Crippen LogP contribution in [-0.4, -0.2) is 40.1 Å². The lowest BCUT2D eigenvalue weighted by Crippen LogP contribution is -2.46. The second-order valence-electron chi connectivity index (χ2n) is 10.5. The number of benzene rings is 1. The van der Waals surface area contributed by atoms with Gasteiger partial charge in [-0.25, -0.2) is 0 Å². The number of fused-ring (bicyclic) bond motifs is 3. The number of thiophene rings is 1. The maximum atomic E-state index is 13.6. The highest BCUT2D eigenvalue weighted by Crippen LogP contribution is 2.51. The van der Waals surface area contributed by atoms with Crippen LogP contribution in [0.5, 0.6) is 5.75 Å². The molecule has 8 heteroatoms. The van der Waals surface area contributed by atoms with Crippen LogP contribution in [0.2, 0.25) is 6.32 Å². The molecule has 2 aliphatic heterocycles. The summed E-state index contributed by atoms with van der Waals surface area (Å²) in [4.78, 5) is 29.5. The number of phenolic OH excluding ortho intramolecular Hbond substituents is 1. The number of para-hydroxylation sites is 1. The summed E-state index contributed by atoms with van der Waals surface area (Å²) in [6.07, 6.45) is 5.84. The van der Waals surface area contributed by atoms with Crippen molar-refractivity contribution in [2.75, 3.05) is 0 Å². The van der Waals surface area contributed by atoms with Crippen molar-refractivity contribution in [3.63, 3.8) is 0 Å². The van der Waals surface area contributed by atoms with Crippen LogP contribution in [0.4, 0.5) is 0 Å². The number of phenols is 1. The summed E-state index contributed by atoms with van der Waals surface area (Å²) in [5.41, 5.74) is 4.24. The van der Waals surface area contributed by atoms with E-state index < -0.39 is 13.0 Å². The zero-order chi connectivity index (χ0) is 26.1. The molecule has 1 aliphatic carbocycles. The molecule has 0 saturated carbocycles. The normalized spacial score (nSPS) is 26.1. The summed E-state index contributed by atoms with van der Waals surface area (Å²) in [6.45, 7) is 4.49. The molecule has 2 amide bonds. The van der Waals surface area contributed by atoms with Crippen molar-refractivity contribution < 1.29 is 24.4 Å². The van der Waals surface area contributed by atoms with Gasteiger partial charge in [-0.05, 0) is 67.9 Å². The lowest BCUT2D eigenvalue weighted by atomic mass is 9.58. The van der Waals surface area contributed by atoms with Crippen molar-refractivity contribution in [3.8, 4) is 5.75 Å². The van der Waals surface area contributed by atoms with Crippen LogP contribution in [-0.2, 0) is 20.8 Å². The minimum absolute atomic E-state index is 0.0740. The van der Waals surface area contributed by atoms with Gasteiger partial charge in [-0.1, -0.05) is 54.8 Å². The molecule has 5 rings (SSSR count). The summed E-state index contributed by atoms with van der Waals surface area (Å²) < 4.78 is 6.09. The van der Waals surface area contributed by atoms with E-state index in [9.17, 15) is 19.7 Å². The van der Waals surface area contributed by atoms with Crippen molar-refractivity contribution in [2.24, 2.45) is 17.8 Å². The second-order valence-corrected chi connectivity index (χ2v) is 11.5. The molecule has 0 bridgehead atoms. The van der Waals surface area contributed by atoms with E-state index in [-0.39, 0.29) is 35.5 Å². The van der Waals surface area contributed by atoms with Gasteiger partial charge < -0.3 is 14.8 Å². The predicted molar refractivity (Wildman–Crippen MR) is 146 cm³/mol. The average Bonchev–Trinajstić information content (AvgIpc) is 3.47. The van der Waals surface area contributed by atoms with E-state index in [4.69, 9.17) is 4.65 Å². The van der Waals surface area contributed by atoms with Gasteiger partial charge in [0.25, 0.3) is 0 Å². The number of carbonyl (C=O) groups is 2. The van der Waals surface area contributed by atoms with Crippen molar-refractivity contribution in [2.45, 2.75) is 64.9 Å². The van der Waals surface area contributed by atoms with E-state index in [1.165, 1.54) is 10.5 Å². The first-order chi connectivity index (χ1) is 17.9. The Morgan fingerprint density at radius 1 is 1.19 bits per heavy atom. The quantitative estimate of drug-likeness (QED) is 0.276. The molecule has 3 aliphatic rings. The summed E-state index contributed by atoms with van der Waals surface area (Å²) in [5.74, 6) is -0.895. The van der Waals surface area contributed by atoms with Crippen LogP contribution in [0.15, 0.2) is 58.5 Å². The SMILES string of the molecule is CCCC1=C2[C@@H](CC/C(C)=C/c3ccccc3O)OB(O)C[C@@H]2[C@@H]2C(=O)N(Cc3cccs3)C(=O)[C@@H]2C1. The van der Waals surface area contributed by atoms with Gasteiger partial charge in [0, 0.05) is 10.4 Å². The van der Waals surface area contributed by atoms with Gasteiger partial charge >= 0.3 is 7.12 Å². The Hall–Kier alpha value is -2.68. The zero-order valence-electron chi connectivity index (χ0n) is 21.4. The number of hydrogen-bond donors (Lipinski definition) is 2. The third-order valence-corrected chi connectivity index (χ3v) is 8.85. The first-order valence-electron chi connectivity index (χ1n) is 13.3. The minimum atomic E-state index is -0.961. The van der Waals surface area contributed by atoms with Gasteiger partial charge in [0.2, 0.25) is 11.8 Å². The molecule has 2 aromatic rings. The van der Waals surface area contributed by atoms with Gasteiger partial charge in [0.05, 0.1) is 24.5 Å². The molecule has 2 N–H and O–H groups in total. The molecule has 0 unspecified atom stereocenters. The number of imide groups is 1. The number of carbonyl (C=O) groups excluding carboxylic acids is 2. The number of aromatic hydroxyl groups is 1. The van der Waals surface area contributed by atoms with Crippen molar-refractivity contribution in [1.82, 2.24) is 4.90 Å². The zero-order valence-corrected chi connectivity index (χ0v) is 22.2. The summed E-state index contributed by atoms with van der Waals surface area (Å²) in [7, 11) is -0.961. The van der Waals surface area contributed by atoms with Gasteiger partial charge in [-0.15, -0.1) is 11.3 Å². The molecule has 2 saturated heterocycles. The Kier molecular flexibility index (Phi) is 7.70. The Labute approximate surface area is 222 Å². The molecule has 0 spiro atoms. The molecule has 4 atom stereocenters. The number of hydrogen-bond acceptors (Lipinski definition) is 6. The van der Waals surface area contributed by atoms with Crippen molar-refractivity contribution in [1.29, 1.82) is 0 Å². The third kappa shape index (κ3) is 5.20. The lowest BCUT2D eigenvalue weighted by molar-refractivity contribution is -0.140. The second kappa shape index (κ2) is 11.0. The monoisotopic (exact) mass is 519 g/mol. The van der Waals surface area contributed by atoms with Gasteiger partial charge in [-0.2, -0.15) is 0 Å². The fourth-order valence-corrected chi connectivity index (χ4v) is 7.08. The van der Waals surface area contributed by atoms with E-state index in [1.807, 2.05) is 42.6 Å². The van der Waals surface area contributed by atoms with Gasteiger partial charge in [0.1, 0.15) is 5.75 Å². The van der Waals surface area contributed by atoms with Crippen LogP contribution in [0, 0.1) is 17.8 Å². The first kappa shape index (κ1) is 26.0. The lowest BCUT2D eigenvalue weighted by Gasteiger charge is -2.43. The molecule has 1 aromatic carbocycles. The smallest absolute Gasteiger partial charge is 0.455 e. The highest BCUT2D eigenvalue weighted by molar-refractivity contribution is 7.09. The molecular formula is C29H34BNO5S. The Morgan fingerprint density at radius 2 is 2.00 bits per heavy atom. The number of amides is 2. The Bertz CT molecular complexity index is 1220. The standard InChI is InChI=1S/C29H34BNO5S/c1-3-7-20-15-22-27(29(34)31(28(22)33)17-21-9-6-13-37-21)23-16-30(35)36-25(26(20)23)12-11-18(2)14-19-8-4-5-10-24(19)32/h4-6,8-10,13-14,22-23,25,27,32,35H,3,7,11-12,15-17H2,1-2H3/b18-14+/t22-,23+,25-,27-/m1/s1. The molecule has 6 nitrogen and oxygen atoms in total. The predicted octanol–water partition coefficient (Wildman–Crippen LogP) is 5.43. The first-order valence-corrected chi connectivity index (χ1v) is 14.1. The molecule has 1 aromatic heterocycles. The summed E-state index contributed by atoms with van der Waals surface area (Å²) in [6, 6.07) is 11.1. The van der Waals surface area contributed by atoms with Crippen molar-refractivity contribution >= 4 is 36.3 Å². The van der Waals surface area contributed by atoms with Crippen LogP contribution in [0.25, 0.3) is 6.08 Å². The number of rotatable bonds is 8. The Balaban J connectivity index is 1.40. The minimum Gasteiger partial charge on any atom is -0.507 e. The molecule has 2 fully saturated rings. The van der Waals surface area contributed by atoms with Crippen LogP contribution in [0.3, 0.4) is 0 Å². The molecule has 194 valence electrons. The largest absolute Gasteiger partial charge is 0.507 e. The average molecular weight is 519 g/mol. The van der Waals surface area contributed by atoms with E-state index in [1.54, 1.807) is 23.5 Å². The van der Waals surface area contributed by atoms with E-state index in [0.717, 1.165) is 40.8 Å². The maximum absolute atomic E-state index is 13.6. The maximum Gasteiger partial charge on any atom is 0.455 e. The summed E-state index contributed by atoms with van der Waals surface area (Å²) in [5, 5.41) is 22.8. The van der Waals surface area contributed by atoms with E-state index in [2.05, 4.69) is 6.92 Å².